The lowest BCUT2D eigenvalue weighted by molar-refractivity contribution is -0.134. The number of fused-ring (bicyclic) bond motifs is 1. The number of carbonyl (C=O) groups excluding carboxylic acids is 2. The molecule has 0 aliphatic carbocycles. The SMILES string of the molecule is CCC(C(=O)N1CCC(NC(=O)c2cnn3c(C)cc(C)nc23)CC1)c1ccccc1. The van der Waals surface area contributed by atoms with Crippen LogP contribution in [0.4, 0.5) is 0 Å². The Morgan fingerprint density at radius 2 is 1.87 bits per heavy atom. The first-order valence-corrected chi connectivity index (χ1v) is 10.9. The van der Waals surface area contributed by atoms with Crippen molar-refractivity contribution in [2.45, 2.75) is 52.0 Å². The molecule has 1 N–H and O–H groups in total. The van der Waals surface area contributed by atoms with Gasteiger partial charge in [0.2, 0.25) is 5.91 Å². The Kier molecular flexibility index (Phi) is 6.02. The van der Waals surface area contributed by atoms with E-state index in [1.807, 2.05) is 55.1 Å². The van der Waals surface area contributed by atoms with Crippen molar-refractivity contribution in [3.8, 4) is 0 Å². The first kappa shape index (κ1) is 21.0. The van der Waals surface area contributed by atoms with Crippen molar-refractivity contribution in [1.29, 1.82) is 0 Å². The Morgan fingerprint density at radius 1 is 1.16 bits per heavy atom. The zero-order valence-electron chi connectivity index (χ0n) is 18.3. The van der Waals surface area contributed by atoms with Crippen molar-refractivity contribution in [1.82, 2.24) is 24.8 Å². The number of hydrogen-bond acceptors (Lipinski definition) is 4. The van der Waals surface area contributed by atoms with E-state index in [9.17, 15) is 9.59 Å². The van der Waals surface area contributed by atoms with Crippen molar-refractivity contribution >= 4 is 17.5 Å². The van der Waals surface area contributed by atoms with Gasteiger partial charge in [-0.3, -0.25) is 9.59 Å². The van der Waals surface area contributed by atoms with E-state index >= 15 is 0 Å². The van der Waals surface area contributed by atoms with Crippen LogP contribution in [0.2, 0.25) is 0 Å². The molecule has 3 aromatic rings. The smallest absolute Gasteiger partial charge is 0.256 e. The summed E-state index contributed by atoms with van der Waals surface area (Å²) in [6.45, 7) is 7.21. The highest BCUT2D eigenvalue weighted by molar-refractivity contribution is 5.99. The molecule has 1 aliphatic rings. The number of aryl methyl sites for hydroxylation is 2. The van der Waals surface area contributed by atoms with E-state index in [0.717, 1.165) is 36.2 Å². The highest BCUT2D eigenvalue weighted by Crippen LogP contribution is 2.24. The van der Waals surface area contributed by atoms with Gasteiger partial charge < -0.3 is 10.2 Å². The minimum atomic E-state index is -0.159. The third-order valence-corrected chi connectivity index (χ3v) is 6.07. The molecule has 1 atom stereocenters. The fourth-order valence-electron chi connectivity index (χ4n) is 4.40. The Morgan fingerprint density at radius 3 is 2.55 bits per heavy atom. The molecule has 1 aliphatic heterocycles. The van der Waals surface area contributed by atoms with Gasteiger partial charge in [-0.1, -0.05) is 37.3 Å². The van der Waals surface area contributed by atoms with E-state index in [-0.39, 0.29) is 23.8 Å². The number of amides is 2. The molecule has 1 saturated heterocycles. The second kappa shape index (κ2) is 8.88. The van der Waals surface area contributed by atoms with E-state index < -0.39 is 0 Å². The van der Waals surface area contributed by atoms with E-state index in [2.05, 4.69) is 22.3 Å². The maximum absolute atomic E-state index is 13.1. The second-order valence-corrected chi connectivity index (χ2v) is 8.28. The summed E-state index contributed by atoms with van der Waals surface area (Å²) in [6.07, 6.45) is 3.84. The van der Waals surface area contributed by atoms with Crippen LogP contribution in [0.15, 0.2) is 42.6 Å². The zero-order valence-corrected chi connectivity index (χ0v) is 18.3. The van der Waals surface area contributed by atoms with Crippen molar-refractivity contribution in [3.63, 3.8) is 0 Å². The molecule has 31 heavy (non-hydrogen) atoms. The average Bonchev–Trinajstić information content (AvgIpc) is 3.20. The number of likely N-dealkylation sites (tertiary alicyclic amines) is 1. The van der Waals surface area contributed by atoms with Crippen molar-refractivity contribution in [2.75, 3.05) is 13.1 Å². The summed E-state index contributed by atoms with van der Waals surface area (Å²) in [5.74, 6) is -0.0899. The summed E-state index contributed by atoms with van der Waals surface area (Å²) in [5.41, 5.74) is 3.93. The largest absolute Gasteiger partial charge is 0.349 e. The Hall–Kier alpha value is -3.22. The predicted molar refractivity (Wildman–Crippen MR) is 119 cm³/mol. The highest BCUT2D eigenvalue weighted by atomic mass is 16.2. The molecule has 7 heteroatoms. The molecule has 1 unspecified atom stereocenters. The number of aromatic nitrogens is 3. The molecular formula is C24H29N5O2. The summed E-state index contributed by atoms with van der Waals surface area (Å²) in [4.78, 5) is 32.4. The molecule has 1 aromatic carbocycles. The van der Waals surface area contributed by atoms with Gasteiger partial charge in [-0.2, -0.15) is 5.10 Å². The van der Waals surface area contributed by atoms with E-state index in [1.54, 1.807) is 10.7 Å². The lowest BCUT2D eigenvalue weighted by atomic mass is 9.93. The quantitative estimate of drug-likeness (QED) is 0.688. The number of piperidine rings is 1. The van der Waals surface area contributed by atoms with Crippen LogP contribution in [0, 0.1) is 13.8 Å². The fraction of sp³-hybridized carbons (Fsp3) is 0.417. The summed E-state index contributed by atoms with van der Waals surface area (Å²) >= 11 is 0. The molecule has 0 radical (unpaired) electrons. The highest BCUT2D eigenvalue weighted by Gasteiger charge is 2.29. The molecule has 2 aromatic heterocycles. The molecule has 4 rings (SSSR count). The topological polar surface area (TPSA) is 79.6 Å². The van der Waals surface area contributed by atoms with Crippen molar-refractivity contribution in [3.05, 3.63) is 65.1 Å². The van der Waals surface area contributed by atoms with Crippen LogP contribution in [0.3, 0.4) is 0 Å². The summed E-state index contributed by atoms with van der Waals surface area (Å²) < 4.78 is 1.69. The van der Waals surface area contributed by atoms with Crippen molar-refractivity contribution in [2.24, 2.45) is 0 Å². The lowest BCUT2D eigenvalue weighted by Crippen LogP contribution is -2.47. The minimum absolute atomic E-state index is 0.0363. The van der Waals surface area contributed by atoms with Crippen molar-refractivity contribution < 1.29 is 9.59 Å². The summed E-state index contributed by atoms with van der Waals surface area (Å²) in [7, 11) is 0. The van der Waals surface area contributed by atoms with Crippen LogP contribution in [-0.4, -0.2) is 50.4 Å². The van der Waals surface area contributed by atoms with E-state index in [1.165, 1.54) is 0 Å². The minimum Gasteiger partial charge on any atom is -0.349 e. The summed E-state index contributed by atoms with van der Waals surface area (Å²) in [6, 6.07) is 11.9. The second-order valence-electron chi connectivity index (χ2n) is 8.28. The molecule has 2 amide bonds. The van der Waals surface area contributed by atoms with Gasteiger partial charge in [-0.05, 0) is 44.7 Å². The van der Waals surface area contributed by atoms with Crippen LogP contribution < -0.4 is 5.32 Å². The van der Waals surface area contributed by atoms with Gasteiger partial charge in [-0.25, -0.2) is 9.50 Å². The molecule has 7 nitrogen and oxygen atoms in total. The summed E-state index contributed by atoms with van der Waals surface area (Å²) in [5, 5.41) is 7.42. The van der Waals surface area contributed by atoms with Gasteiger partial charge in [0.25, 0.3) is 5.91 Å². The number of nitrogens with one attached hydrogen (secondary N) is 1. The number of carbonyl (C=O) groups is 2. The monoisotopic (exact) mass is 419 g/mol. The van der Waals surface area contributed by atoms with Crippen LogP contribution in [0.25, 0.3) is 5.65 Å². The number of benzene rings is 1. The average molecular weight is 420 g/mol. The normalized spacial score (nSPS) is 15.8. The molecule has 0 saturated carbocycles. The van der Waals surface area contributed by atoms with Crippen LogP contribution in [0.1, 0.15) is 59.4 Å². The fourth-order valence-corrected chi connectivity index (χ4v) is 4.40. The lowest BCUT2D eigenvalue weighted by Gasteiger charge is -2.34. The third-order valence-electron chi connectivity index (χ3n) is 6.07. The Labute approximate surface area is 182 Å². The number of hydrogen-bond donors (Lipinski definition) is 1. The maximum Gasteiger partial charge on any atom is 0.256 e. The number of nitrogens with zero attached hydrogens (tertiary/aromatic N) is 4. The van der Waals surface area contributed by atoms with Gasteiger partial charge in [0, 0.05) is 30.5 Å². The molecule has 0 bridgehead atoms. The van der Waals surface area contributed by atoms with Gasteiger partial charge in [-0.15, -0.1) is 0 Å². The Balaban J connectivity index is 1.38. The van der Waals surface area contributed by atoms with Gasteiger partial charge >= 0.3 is 0 Å². The molecular weight excluding hydrogens is 390 g/mol. The molecule has 162 valence electrons. The van der Waals surface area contributed by atoms with Gasteiger partial charge in [0.1, 0.15) is 5.56 Å². The molecule has 0 spiro atoms. The van der Waals surface area contributed by atoms with E-state index in [4.69, 9.17) is 0 Å². The van der Waals surface area contributed by atoms with Gasteiger partial charge in [0.05, 0.1) is 12.1 Å². The van der Waals surface area contributed by atoms with E-state index in [0.29, 0.717) is 24.3 Å². The number of rotatable bonds is 5. The molecule has 1 fully saturated rings. The predicted octanol–water partition coefficient (Wildman–Crippen LogP) is 3.26. The zero-order chi connectivity index (χ0) is 22.0. The standard InChI is InChI=1S/C24H29N5O2/c1-4-20(18-8-6-5-7-9-18)24(31)28-12-10-19(11-13-28)27-23(30)21-15-25-29-17(3)14-16(2)26-22(21)29/h5-9,14-15,19-20H,4,10-13H2,1-3H3,(H,27,30). The van der Waals surface area contributed by atoms with Crippen LogP contribution in [0.5, 0.6) is 0 Å². The third kappa shape index (κ3) is 4.31. The first-order chi connectivity index (χ1) is 15.0. The molecule has 3 heterocycles. The van der Waals surface area contributed by atoms with Crippen LogP contribution >= 0.6 is 0 Å². The maximum atomic E-state index is 13.1. The van der Waals surface area contributed by atoms with Crippen LogP contribution in [-0.2, 0) is 4.79 Å². The Bertz CT molecular complexity index is 1080. The first-order valence-electron chi connectivity index (χ1n) is 10.9. The van der Waals surface area contributed by atoms with Gasteiger partial charge in [0.15, 0.2) is 5.65 Å².